The first-order chi connectivity index (χ1) is 14.0. The lowest BCUT2D eigenvalue weighted by atomic mass is 10.1. The monoisotopic (exact) mass is 414 g/mol. The molecule has 1 aromatic heterocycles. The Morgan fingerprint density at radius 3 is 2.76 bits per heavy atom. The van der Waals surface area contributed by atoms with Crippen LogP contribution in [0.2, 0.25) is 0 Å². The molecule has 1 aliphatic rings. The Bertz CT molecular complexity index is 966. The van der Waals surface area contributed by atoms with Crippen LogP contribution >= 0.6 is 12.2 Å². The van der Waals surface area contributed by atoms with E-state index in [0.717, 1.165) is 22.9 Å². The molecule has 0 unspecified atom stereocenters. The number of fused-ring (bicyclic) bond motifs is 1. The summed E-state index contributed by atoms with van der Waals surface area (Å²) in [4.78, 5) is 28.3. The number of nitrogens with zero attached hydrogens (tertiary/aromatic N) is 3. The Balaban J connectivity index is 1.88. The lowest BCUT2D eigenvalue weighted by molar-refractivity contribution is -0.122. The summed E-state index contributed by atoms with van der Waals surface area (Å²) in [5.41, 5.74) is 2.35. The van der Waals surface area contributed by atoms with E-state index in [1.807, 2.05) is 48.0 Å². The lowest BCUT2D eigenvalue weighted by Gasteiger charge is -2.13. The standard InChI is InChI=1S/C21H26N4O3S/c1-4-25-20(27)18(23(2)21(25)29)12-15-13-24(17-9-6-5-8-16(15)17)14-19(26)22-10-7-11-28-3/h5-6,8-9,12-13H,4,7,10-11,14H2,1-3H3,(H,22,26)/b18-12-. The average molecular weight is 415 g/mol. The number of nitrogens with one attached hydrogen (secondary N) is 1. The van der Waals surface area contributed by atoms with Crippen LogP contribution in [0.5, 0.6) is 0 Å². The second-order valence-electron chi connectivity index (χ2n) is 6.85. The predicted octanol–water partition coefficient (Wildman–Crippen LogP) is 2.21. The number of carbonyl (C=O) groups excluding carboxylic acids is 2. The Morgan fingerprint density at radius 1 is 1.31 bits per heavy atom. The molecular formula is C21H26N4O3S. The molecule has 1 aliphatic heterocycles. The number of para-hydroxylation sites is 1. The molecule has 0 aliphatic carbocycles. The van der Waals surface area contributed by atoms with E-state index < -0.39 is 0 Å². The zero-order valence-corrected chi connectivity index (χ0v) is 17.8. The van der Waals surface area contributed by atoms with Crippen molar-refractivity contribution in [1.82, 2.24) is 19.7 Å². The summed E-state index contributed by atoms with van der Waals surface area (Å²) in [5, 5.41) is 4.39. The highest BCUT2D eigenvalue weighted by Crippen LogP contribution is 2.27. The van der Waals surface area contributed by atoms with E-state index in [2.05, 4.69) is 5.32 Å². The van der Waals surface area contributed by atoms with E-state index in [4.69, 9.17) is 17.0 Å². The average Bonchev–Trinajstić information content (AvgIpc) is 3.15. The van der Waals surface area contributed by atoms with Crippen LogP contribution in [-0.4, -0.2) is 65.1 Å². The predicted molar refractivity (Wildman–Crippen MR) is 117 cm³/mol. The SMILES string of the molecule is CCN1C(=O)/C(=C/c2cn(CC(=O)NCCCOC)c3ccccc23)N(C)C1=S. The minimum atomic E-state index is -0.104. The number of amides is 2. The van der Waals surface area contributed by atoms with Gasteiger partial charge in [-0.15, -0.1) is 0 Å². The summed E-state index contributed by atoms with van der Waals surface area (Å²) in [6.45, 7) is 3.83. The third-order valence-electron chi connectivity index (χ3n) is 4.93. The molecule has 0 radical (unpaired) electrons. The van der Waals surface area contributed by atoms with Gasteiger partial charge < -0.3 is 19.5 Å². The summed E-state index contributed by atoms with van der Waals surface area (Å²) < 4.78 is 6.91. The summed E-state index contributed by atoms with van der Waals surface area (Å²) in [6.07, 6.45) is 4.53. The number of methoxy groups -OCH3 is 1. The van der Waals surface area contributed by atoms with Gasteiger partial charge in [-0.2, -0.15) is 0 Å². The van der Waals surface area contributed by atoms with Gasteiger partial charge in [0.1, 0.15) is 12.2 Å². The highest BCUT2D eigenvalue weighted by atomic mass is 32.1. The zero-order valence-electron chi connectivity index (χ0n) is 17.0. The Morgan fingerprint density at radius 2 is 2.07 bits per heavy atom. The lowest BCUT2D eigenvalue weighted by Crippen LogP contribution is -2.30. The molecule has 154 valence electrons. The summed E-state index contributed by atoms with van der Waals surface area (Å²) in [7, 11) is 3.44. The first kappa shape index (κ1) is 21.0. The first-order valence-corrected chi connectivity index (χ1v) is 10.0. The van der Waals surface area contributed by atoms with Crippen LogP contribution in [0.25, 0.3) is 17.0 Å². The van der Waals surface area contributed by atoms with Gasteiger partial charge in [-0.25, -0.2) is 0 Å². The maximum absolute atomic E-state index is 12.7. The molecule has 0 bridgehead atoms. The van der Waals surface area contributed by atoms with Crippen molar-refractivity contribution in [2.24, 2.45) is 0 Å². The van der Waals surface area contributed by atoms with Crippen LogP contribution in [0.4, 0.5) is 0 Å². The molecule has 29 heavy (non-hydrogen) atoms. The largest absolute Gasteiger partial charge is 0.385 e. The van der Waals surface area contributed by atoms with Gasteiger partial charge in [0.05, 0.1) is 0 Å². The molecule has 1 fully saturated rings. The molecule has 2 amide bonds. The number of thiocarbonyl (C=S) groups is 1. The van der Waals surface area contributed by atoms with Crippen molar-refractivity contribution < 1.29 is 14.3 Å². The van der Waals surface area contributed by atoms with Crippen LogP contribution in [-0.2, 0) is 20.9 Å². The van der Waals surface area contributed by atoms with Crippen LogP contribution in [0.3, 0.4) is 0 Å². The maximum Gasteiger partial charge on any atom is 0.276 e. The number of carbonyl (C=O) groups is 2. The second-order valence-corrected chi connectivity index (χ2v) is 7.21. The highest BCUT2D eigenvalue weighted by Gasteiger charge is 2.34. The fourth-order valence-corrected chi connectivity index (χ4v) is 3.72. The number of likely N-dealkylation sites (N-methyl/N-ethyl adjacent to an activating group) is 2. The molecule has 0 spiro atoms. The molecule has 0 atom stereocenters. The van der Waals surface area contributed by atoms with Crippen molar-refractivity contribution in [3.63, 3.8) is 0 Å². The smallest absolute Gasteiger partial charge is 0.276 e. The van der Waals surface area contributed by atoms with Gasteiger partial charge in [-0.3, -0.25) is 14.5 Å². The molecular weight excluding hydrogens is 388 g/mol. The molecule has 1 N–H and O–H groups in total. The van der Waals surface area contributed by atoms with E-state index in [9.17, 15) is 9.59 Å². The molecule has 3 rings (SSSR count). The number of aromatic nitrogens is 1. The normalized spacial score (nSPS) is 15.8. The Labute approximate surface area is 175 Å². The van der Waals surface area contributed by atoms with Gasteiger partial charge in [0.15, 0.2) is 5.11 Å². The number of ether oxygens (including phenoxy) is 1. The van der Waals surface area contributed by atoms with Crippen LogP contribution in [0.1, 0.15) is 18.9 Å². The van der Waals surface area contributed by atoms with E-state index in [-0.39, 0.29) is 18.4 Å². The Hall–Kier alpha value is -2.71. The van der Waals surface area contributed by atoms with Gasteiger partial charge in [0, 0.05) is 56.5 Å². The van der Waals surface area contributed by atoms with Crippen LogP contribution < -0.4 is 5.32 Å². The van der Waals surface area contributed by atoms with Gasteiger partial charge in [0.2, 0.25) is 5.91 Å². The molecule has 0 saturated carbocycles. The van der Waals surface area contributed by atoms with Crippen molar-refractivity contribution >= 4 is 46.1 Å². The summed E-state index contributed by atoms with van der Waals surface area (Å²) >= 11 is 5.37. The fraction of sp³-hybridized carbons (Fsp3) is 0.381. The van der Waals surface area contributed by atoms with E-state index >= 15 is 0 Å². The van der Waals surface area contributed by atoms with Gasteiger partial charge in [0.25, 0.3) is 5.91 Å². The van der Waals surface area contributed by atoms with Crippen molar-refractivity contribution in [1.29, 1.82) is 0 Å². The number of rotatable bonds is 8. The summed E-state index contributed by atoms with van der Waals surface area (Å²) in [6, 6.07) is 7.85. The topological polar surface area (TPSA) is 66.8 Å². The molecule has 1 aromatic carbocycles. The molecule has 7 nitrogen and oxygen atoms in total. The van der Waals surface area contributed by atoms with Crippen molar-refractivity contribution in [2.75, 3.05) is 33.9 Å². The second kappa shape index (κ2) is 9.19. The molecule has 2 heterocycles. The van der Waals surface area contributed by atoms with E-state index in [0.29, 0.717) is 30.5 Å². The molecule has 2 aromatic rings. The van der Waals surface area contributed by atoms with Gasteiger partial charge >= 0.3 is 0 Å². The fourth-order valence-electron chi connectivity index (χ4n) is 3.41. The first-order valence-electron chi connectivity index (χ1n) is 9.62. The Kier molecular flexibility index (Phi) is 6.66. The highest BCUT2D eigenvalue weighted by molar-refractivity contribution is 7.80. The number of hydrogen-bond acceptors (Lipinski definition) is 4. The van der Waals surface area contributed by atoms with E-state index in [1.54, 1.807) is 24.0 Å². The van der Waals surface area contributed by atoms with Crippen molar-refractivity contribution in [3.05, 3.63) is 41.7 Å². The number of benzene rings is 1. The minimum absolute atomic E-state index is 0.0616. The van der Waals surface area contributed by atoms with Gasteiger partial charge in [-0.05, 0) is 37.7 Å². The zero-order chi connectivity index (χ0) is 21.0. The minimum Gasteiger partial charge on any atom is -0.385 e. The quantitative estimate of drug-likeness (QED) is 0.408. The van der Waals surface area contributed by atoms with Crippen molar-refractivity contribution in [2.45, 2.75) is 19.9 Å². The van der Waals surface area contributed by atoms with Crippen molar-refractivity contribution in [3.8, 4) is 0 Å². The third-order valence-corrected chi connectivity index (χ3v) is 5.43. The van der Waals surface area contributed by atoms with Gasteiger partial charge in [-0.1, -0.05) is 18.2 Å². The van der Waals surface area contributed by atoms with Crippen LogP contribution in [0, 0.1) is 0 Å². The summed E-state index contributed by atoms with van der Waals surface area (Å²) in [5.74, 6) is -0.166. The maximum atomic E-state index is 12.7. The molecule has 1 saturated heterocycles. The van der Waals surface area contributed by atoms with E-state index in [1.165, 1.54) is 0 Å². The molecule has 8 heteroatoms. The van der Waals surface area contributed by atoms with Crippen LogP contribution in [0.15, 0.2) is 36.2 Å². The number of hydrogen-bond donors (Lipinski definition) is 1. The third kappa shape index (κ3) is 4.33.